The van der Waals surface area contributed by atoms with Crippen LogP contribution in [0.4, 0.5) is 10.5 Å². The lowest BCUT2D eigenvalue weighted by atomic mass is 10.1. The molecule has 0 radical (unpaired) electrons. The van der Waals surface area contributed by atoms with Crippen LogP contribution in [0.25, 0.3) is 0 Å². The number of amides is 3. The molecule has 0 unspecified atom stereocenters. The van der Waals surface area contributed by atoms with Crippen molar-refractivity contribution in [3.63, 3.8) is 0 Å². The van der Waals surface area contributed by atoms with Crippen LogP contribution in [0.2, 0.25) is 0 Å². The number of likely N-dealkylation sites (tertiary alicyclic amines) is 1. The van der Waals surface area contributed by atoms with Gasteiger partial charge < -0.3 is 19.9 Å². The quantitative estimate of drug-likeness (QED) is 0.877. The number of nitrogens with one attached hydrogen (secondary N) is 1. The molecule has 0 spiro atoms. The second-order valence-corrected chi connectivity index (χ2v) is 7.00. The minimum Gasteiger partial charge on any atom is -0.460 e. The zero-order valence-electron chi connectivity index (χ0n) is 16.4. The van der Waals surface area contributed by atoms with Crippen LogP contribution in [0.5, 0.6) is 6.01 Å². The SMILES string of the molecule is Cc1cc(C(=O)N(C)C)ccc1NC(=O)N1CCC(Oc2ncccn2)CC1. The molecule has 1 aromatic carbocycles. The maximum atomic E-state index is 12.6. The Morgan fingerprint density at radius 1 is 1.18 bits per heavy atom. The summed E-state index contributed by atoms with van der Waals surface area (Å²) in [6.07, 6.45) is 4.74. The van der Waals surface area contributed by atoms with Gasteiger partial charge in [-0.15, -0.1) is 0 Å². The molecule has 28 heavy (non-hydrogen) atoms. The number of carbonyl (C=O) groups is 2. The highest BCUT2D eigenvalue weighted by atomic mass is 16.5. The summed E-state index contributed by atoms with van der Waals surface area (Å²) in [5.41, 5.74) is 2.15. The van der Waals surface area contributed by atoms with E-state index in [0.29, 0.717) is 30.4 Å². The van der Waals surface area contributed by atoms with Gasteiger partial charge in [0.2, 0.25) is 0 Å². The summed E-state index contributed by atoms with van der Waals surface area (Å²) in [5.74, 6) is -0.0644. The number of ether oxygens (including phenoxy) is 1. The van der Waals surface area contributed by atoms with Gasteiger partial charge in [-0.3, -0.25) is 4.79 Å². The fourth-order valence-corrected chi connectivity index (χ4v) is 3.06. The fraction of sp³-hybridized carbons (Fsp3) is 0.400. The normalized spacial score (nSPS) is 14.5. The van der Waals surface area contributed by atoms with Crippen LogP contribution in [0.1, 0.15) is 28.8 Å². The molecule has 1 aliphatic heterocycles. The van der Waals surface area contributed by atoms with E-state index in [2.05, 4.69) is 15.3 Å². The van der Waals surface area contributed by atoms with Gasteiger partial charge >= 0.3 is 12.0 Å². The highest BCUT2D eigenvalue weighted by molar-refractivity contribution is 5.96. The van der Waals surface area contributed by atoms with E-state index >= 15 is 0 Å². The van der Waals surface area contributed by atoms with Gasteiger partial charge in [0.25, 0.3) is 5.91 Å². The van der Waals surface area contributed by atoms with E-state index in [1.165, 1.54) is 4.90 Å². The van der Waals surface area contributed by atoms with E-state index < -0.39 is 0 Å². The number of aromatic nitrogens is 2. The van der Waals surface area contributed by atoms with Gasteiger partial charge in [-0.05, 0) is 36.8 Å². The number of anilines is 1. The topological polar surface area (TPSA) is 87.7 Å². The van der Waals surface area contributed by atoms with Crippen LogP contribution in [0, 0.1) is 6.92 Å². The van der Waals surface area contributed by atoms with Crippen LogP contribution in [-0.4, -0.2) is 65.0 Å². The van der Waals surface area contributed by atoms with Crippen LogP contribution in [0.15, 0.2) is 36.7 Å². The van der Waals surface area contributed by atoms with Crippen molar-refractivity contribution in [2.24, 2.45) is 0 Å². The molecule has 8 nitrogen and oxygen atoms in total. The zero-order chi connectivity index (χ0) is 20.1. The monoisotopic (exact) mass is 383 g/mol. The summed E-state index contributed by atoms with van der Waals surface area (Å²) in [7, 11) is 3.43. The summed E-state index contributed by atoms with van der Waals surface area (Å²) in [6.45, 7) is 3.07. The van der Waals surface area contributed by atoms with E-state index in [-0.39, 0.29) is 18.0 Å². The first-order valence-electron chi connectivity index (χ1n) is 9.26. The van der Waals surface area contributed by atoms with Crippen molar-refractivity contribution in [2.75, 3.05) is 32.5 Å². The van der Waals surface area contributed by atoms with Gasteiger partial charge in [0, 0.05) is 63.7 Å². The average molecular weight is 383 g/mol. The van der Waals surface area contributed by atoms with E-state index in [9.17, 15) is 9.59 Å². The molecule has 3 rings (SSSR count). The number of carbonyl (C=O) groups excluding carboxylic acids is 2. The number of rotatable bonds is 4. The predicted octanol–water partition coefficient (Wildman–Crippen LogP) is 2.56. The summed E-state index contributed by atoms with van der Waals surface area (Å²) >= 11 is 0. The summed E-state index contributed by atoms with van der Waals surface area (Å²) in [4.78, 5) is 36.1. The van der Waals surface area contributed by atoms with Crippen LogP contribution in [0.3, 0.4) is 0 Å². The smallest absolute Gasteiger partial charge is 0.321 e. The van der Waals surface area contributed by atoms with Gasteiger partial charge in [0.15, 0.2) is 0 Å². The minimum atomic E-state index is -0.149. The number of urea groups is 1. The number of benzene rings is 1. The first-order chi connectivity index (χ1) is 13.4. The van der Waals surface area contributed by atoms with Crippen molar-refractivity contribution in [1.82, 2.24) is 19.8 Å². The predicted molar refractivity (Wildman–Crippen MR) is 105 cm³/mol. The molecule has 1 fully saturated rings. The third kappa shape index (κ3) is 4.76. The number of hydrogen-bond donors (Lipinski definition) is 1. The van der Waals surface area contributed by atoms with Gasteiger partial charge in [-0.2, -0.15) is 0 Å². The second-order valence-electron chi connectivity index (χ2n) is 7.00. The van der Waals surface area contributed by atoms with Crippen LogP contribution < -0.4 is 10.1 Å². The van der Waals surface area contributed by atoms with Gasteiger partial charge in [-0.25, -0.2) is 14.8 Å². The van der Waals surface area contributed by atoms with Crippen molar-refractivity contribution < 1.29 is 14.3 Å². The maximum Gasteiger partial charge on any atom is 0.321 e. The second kappa shape index (κ2) is 8.69. The highest BCUT2D eigenvalue weighted by Crippen LogP contribution is 2.20. The van der Waals surface area contributed by atoms with Gasteiger partial charge in [0.05, 0.1) is 0 Å². The zero-order valence-corrected chi connectivity index (χ0v) is 16.4. The van der Waals surface area contributed by atoms with Crippen molar-refractivity contribution in [3.05, 3.63) is 47.8 Å². The Kier molecular flexibility index (Phi) is 6.08. The van der Waals surface area contributed by atoms with Crippen LogP contribution >= 0.6 is 0 Å². The first kappa shape index (κ1) is 19.6. The molecule has 2 heterocycles. The minimum absolute atomic E-state index is 0.00418. The molecule has 1 N–H and O–H groups in total. The molecule has 8 heteroatoms. The molecular formula is C20H25N5O3. The van der Waals surface area contributed by atoms with Gasteiger partial charge in [0.1, 0.15) is 6.10 Å². The lowest BCUT2D eigenvalue weighted by Crippen LogP contribution is -2.44. The molecule has 1 aliphatic rings. The summed E-state index contributed by atoms with van der Waals surface area (Å²) in [6, 6.07) is 7.25. The van der Waals surface area contributed by atoms with E-state index in [1.54, 1.807) is 55.7 Å². The molecule has 0 atom stereocenters. The Hall–Kier alpha value is -3.16. The van der Waals surface area contributed by atoms with Gasteiger partial charge in [-0.1, -0.05) is 0 Å². The first-order valence-corrected chi connectivity index (χ1v) is 9.26. The largest absolute Gasteiger partial charge is 0.460 e. The van der Waals surface area contributed by atoms with E-state index in [0.717, 1.165) is 18.4 Å². The molecule has 1 aromatic heterocycles. The molecule has 0 saturated carbocycles. The Bertz CT molecular complexity index is 833. The fourth-order valence-electron chi connectivity index (χ4n) is 3.06. The number of aryl methyl sites for hydroxylation is 1. The van der Waals surface area contributed by atoms with Crippen molar-refractivity contribution in [1.29, 1.82) is 0 Å². The molecule has 0 bridgehead atoms. The Balaban J connectivity index is 1.54. The summed E-state index contributed by atoms with van der Waals surface area (Å²) < 4.78 is 5.76. The Morgan fingerprint density at radius 2 is 1.86 bits per heavy atom. The molecule has 1 saturated heterocycles. The van der Waals surface area contributed by atoms with Crippen molar-refractivity contribution >= 4 is 17.6 Å². The number of nitrogens with zero attached hydrogens (tertiary/aromatic N) is 4. The summed E-state index contributed by atoms with van der Waals surface area (Å²) in [5, 5.41) is 2.94. The third-order valence-corrected chi connectivity index (χ3v) is 4.66. The van der Waals surface area contributed by atoms with Crippen LogP contribution in [-0.2, 0) is 0 Å². The Labute approximate surface area is 164 Å². The molecular weight excluding hydrogens is 358 g/mol. The average Bonchev–Trinajstić information content (AvgIpc) is 2.70. The number of piperidine rings is 1. The van der Waals surface area contributed by atoms with E-state index in [1.807, 2.05) is 6.92 Å². The molecule has 0 aliphatic carbocycles. The highest BCUT2D eigenvalue weighted by Gasteiger charge is 2.25. The molecule has 3 amide bonds. The lowest BCUT2D eigenvalue weighted by molar-refractivity contribution is 0.0827. The van der Waals surface area contributed by atoms with E-state index in [4.69, 9.17) is 4.74 Å². The Morgan fingerprint density at radius 3 is 2.46 bits per heavy atom. The van der Waals surface area contributed by atoms with Crippen molar-refractivity contribution in [3.8, 4) is 6.01 Å². The maximum absolute atomic E-state index is 12.6. The molecule has 2 aromatic rings. The lowest BCUT2D eigenvalue weighted by Gasteiger charge is -2.31. The van der Waals surface area contributed by atoms with Crippen molar-refractivity contribution in [2.45, 2.75) is 25.9 Å². The number of hydrogen-bond acceptors (Lipinski definition) is 5. The molecule has 148 valence electrons. The third-order valence-electron chi connectivity index (χ3n) is 4.66. The standard InChI is InChI=1S/C20H25N5O3/c1-14-13-15(18(26)24(2)3)5-6-17(14)23-20(27)25-11-7-16(8-12-25)28-19-21-9-4-10-22-19/h4-6,9-10,13,16H,7-8,11-12H2,1-3H3,(H,23,27).